The van der Waals surface area contributed by atoms with E-state index in [-0.39, 0.29) is 24.1 Å². The topological polar surface area (TPSA) is 88.9 Å². The molecule has 0 bridgehead atoms. The van der Waals surface area contributed by atoms with Crippen LogP contribution in [0.4, 0.5) is 0 Å². The number of nitrogens with one attached hydrogen (secondary N) is 2. The van der Waals surface area contributed by atoms with Gasteiger partial charge in [0.25, 0.3) is 5.91 Å². The molecule has 3 heterocycles. The van der Waals surface area contributed by atoms with Crippen LogP contribution in [0.2, 0.25) is 0 Å². The summed E-state index contributed by atoms with van der Waals surface area (Å²) in [5, 5.41) is 10.6. The molecule has 1 unspecified atom stereocenters. The molecule has 2 aromatic rings. The molecule has 3 rings (SSSR count). The van der Waals surface area contributed by atoms with Gasteiger partial charge in [-0.1, -0.05) is 0 Å². The van der Waals surface area contributed by atoms with Gasteiger partial charge in [0.05, 0.1) is 18.3 Å². The van der Waals surface area contributed by atoms with Crippen molar-refractivity contribution in [2.75, 3.05) is 13.1 Å². The van der Waals surface area contributed by atoms with Crippen LogP contribution >= 0.6 is 12.4 Å². The molecule has 0 radical (unpaired) electrons. The highest BCUT2D eigenvalue weighted by atomic mass is 35.5. The molecule has 0 aliphatic carbocycles. The van der Waals surface area contributed by atoms with E-state index >= 15 is 0 Å². The Morgan fingerprint density at radius 3 is 2.81 bits per heavy atom. The minimum Gasteiger partial charge on any atom is -0.345 e. The van der Waals surface area contributed by atoms with Gasteiger partial charge in [0.1, 0.15) is 5.69 Å². The summed E-state index contributed by atoms with van der Waals surface area (Å²) in [6, 6.07) is 5.55. The molecular formula is C18H24ClN5O2. The molecular weight excluding hydrogens is 354 g/mol. The van der Waals surface area contributed by atoms with Crippen LogP contribution in [0.25, 0.3) is 0 Å². The van der Waals surface area contributed by atoms with Crippen LogP contribution in [-0.2, 0) is 6.54 Å². The summed E-state index contributed by atoms with van der Waals surface area (Å²) in [5.41, 5.74) is 2.40. The van der Waals surface area contributed by atoms with Gasteiger partial charge in [0, 0.05) is 24.0 Å². The van der Waals surface area contributed by atoms with Crippen molar-refractivity contribution in [2.24, 2.45) is 0 Å². The van der Waals surface area contributed by atoms with Crippen LogP contribution < -0.4 is 10.6 Å². The first-order valence-electron chi connectivity index (χ1n) is 8.56. The summed E-state index contributed by atoms with van der Waals surface area (Å²) >= 11 is 0. The predicted octanol–water partition coefficient (Wildman–Crippen LogP) is 2.07. The molecule has 2 aromatic heterocycles. The molecule has 140 valence electrons. The smallest absolute Gasteiger partial charge is 0.272 e. The Kier molecular flexibility index (Phi) is 6.88. The van der Waals surface area contributed by atoms with E-state index in [1.165, 1.54) is 6.92 Å². The minimum atomic E-state index is -0.224. The first-order chi connectivity index (χ1) is 12.0. The Bertz CT molecular complexity index is 784. The van der Waals surface area contributed by atoms with E-state index in [0.29, 0.717) is 35.2 Å². The Hall–Kier alpha value is -2.25. The van der Waals surface area contributed by atoms with Crippen LogP contribution in [0.3, 0.4) is 0 Å². The summed E-state index contributed by atoms with van der Waals surface area (Å²) < 4.78 is 1.87. The zero-order chi connectivity index (χ0) is 17.8. The molecule has 26 heavy (non-hydrogen) atoms. The van der Waals surface area contributed by atoms with Crippen LogP contribution in [0, 0.1) is 6.92 Å². The molecule has 1 saturated heterocycles. The maximum Gasteiger partial charge on any atom is 0.272 e. The Morgan fingerprint density at radius 2 is 2.15 bits per heavy atom. The van der Waals surface area contributed by atoms with E-state index in [2.05, 4.69) is 20.7 Å². The zero-order valence-electron chi connectivity index (χ0n) is 15.0. The minimum absolute atomic E-state index is 0. The first-order valence-corrected chi connectivity index (χ1v) is 8.56. The van der Waals surface area contributed by atoms with Gasteiger partial charge in [-0.3, -0.25) is 19.3 Å². The largest absolute Gasteiger partial charge is 0.345 e. The number of Topliss-reactive ketones (excluding diaryl/α,β-unsaturated/α-hetero) is 1. The van der Waals surface area contributed by atoms with Gasteiger partial charge in [0.2, 0.25) is 0 Å². The Morgan fingerprint density at radius 1 is 1.35 bits per heavy atom. The standard InChI is InChI=1S/C18H23N5O2.ClH/c1-12-16(13(2)24)6-5-14(21-12)10-20-18(25)17-7-9-23(22-17)15-4-3-8-19-11-15;/h5-7,9,15,19H,3-4,8,10-11H2,1-2H3,(H,20,25);1H. The molecule has 1 amide bonds. The fourth-order valence-electron chi connectivity index (χ4n) is 3.07. The highest BCUT2D eigenvalue weighted by Gasteiger charge is 2.17. The van der Waals surface area contributed by atoms with Crippen molar-refractivity contribution in [3.05, 3.63) is 47.0 Å². The van der Waals surface area contributed by atoms with Crippen molar-refractivity contribution in [3.63, 3.8) is 0 Å². The monoisotopic (exact) mass is 377 g/mol. The molecule has 0 spiro atoms. The number of hydrogen-bond acceptors (Lipinski definition) is 5. The van der Waals surface area contributed by atoms with E-state index in [1.54, 1.807) is 25.1 Å². The van der Waals surface area contributed by atoms with Gasteiger partial charge in [-0.05, 0) is 51.4 Å². The second kappa shape index (κ2) is 8.91. The SMILES string of the molecule is CC(=O)c1ccc(CNC(=O)c2ccn(C3CCCNC3)n2)nc1C.Cl. The van der Waals surface area contributed by atoms with Crippen LogP contribution in [0.1, 0.15) is 58.0 Å². The number of ketones is 1. The van der Waals surface area contributed by atoms with Crippen molar-refractivity contribution in [1.82, 2.24) is 25.4 Å². The van der Waals surface area contributed by atoms with Crippen molar-refractivity contribution in [3.8, 4) is 0 Å². The maximum atomic E-state index is 12.3. The average molecular weight is 378 g/mol. The first kappa shape index (κ1) is 20.1. The highest BCUT2D eigenvalue weighted by molar-refractivity contribution is 5.95. The number of halogens is 1. The third-order valence-electron chi connectivity index (χ3n) is 4.44. The summed E-state index contributed by atoms with van der Waals surface area (Å²) in [4.78, 5) is 28.1. The highest BCUT2D eigenvalue weighted by Crippen LogP contribution is 2.15. The number of piperidine rings is 1. The number of amides is 1. The van der Waals surface area contributed by atoms with Gasteiger partial charge in [-0.15, -0.1) is 12.4 Å². The number of aromatic nitrogens is 3. The molecule has 2 N–H and O–H groups in total. The number of hydrogen-bond donors (Lipinski definition) is 2. The molecule has 1 atom stereocenters. The number of nitrogens with zero attached hydrogens (tertiary/aromatic N) is 3. The molecule has 1 fully saturated rings. The summed E-state index contributed by atoms with van der Waals surface area (Å²) in [5.74, 6) is -0.235. The number of rotatable bonds is 5. The summed E-state index contributed by atoms with van der Waals surface area (Å²) in [7, 11) is 0. The zero-order valence-corrected chi connectivity index (χ0v) is 15.8. The lowest BCUT2D eigenvalue weighted by atomic mass is 10.1. The predicted molar refractivity (Wildman–Crippen MR) is 101 cm³/mol. The number of aryl methyl sites for hydroxylation is 1. The van der Waals surface area contributed by atoms with E-state index in [4.69, 9.17) is 0 Å². The second-order valence-corrected chi connectivity index (χ2v) is 6.36. The van der Waals surface area contributed by atoms with Gasteiger partial charge in [0.15, 0.2) is 5.78 Å². The third kappa shape index (κ3) is 4.68. The lowest BCUT2D eigenvalue weighted by molar-refractivity contribution is 0.0942. The summed E-state index contributed by atoms with van der Waals surface area (Å²) in [6.07, 6.45) is 4.05. The van der Waals surface area contributed by atoms with Gasteiger partial charge < -0.3 is 10.6 Å². The molecule has 7 nitrogen and oxygen atoms in total. The van der Waals surface area contributed by atoms with E-state index in [9.17, 15) is 9.59 Å². The molecule has 1 aliphatic rings. The van der Waals surface area contributed by atoms with Crippen molar-refractivity contribution in [1.29, 1.82) is 0 Å². The maximum absolute atomic E-state index is 12.3. The van der Waals surface area contributed by atoms with E-state index in [0.717, 1.165) is 25.9 Å². The van der Waals surface area contributed by atoms with E-state index < -0.39 is 0 Å². The Balaban J connectivity index is 0.00000243. The fourth-order valence-corrected chi connectivity index (χ4v) is 3.07. The van der Waals surface area contributed by atoms with Crippen LogP contribution in [0.5, 0.6) is 0 Å². The van der Waals surface area contributed by atoms with Crippen molar-refractivity contribution in [2.45, 2.75) is 39.3 Å². The molecule has 8 heteroatoms. The lowest BCUT2D eigenvalue weighted by Crippen LogP contribution is -2.32. The Labute approximate surface area is 159 Å². The quantitative estimate of drug-likeness (QED) is 0.778. The molecule has 0 aromatic carbocycles. The van der Waals surface area contributed by atoms with Crippen LogP contribution in [0.15, 0.2) is 24.4 Å². The fraction of sp³-hybridized carbons (Fsp3) is 0.444. The summed E-state index contributed by atoms with van der Waals surface area (Å²) in [6.45, 7) is 5.54. The molecule has 0 saturated carbocycles. The average Bonchev–Trinajstić information content (AvgIpc) is 3.10. The molecule has 1 aliphatic heterocycles. The van der Waals surface area contributed by atoms with Gasteiger partial charge in [-0.2, -0.15) is 5.10 Å². The van der Waals surface area contributed by atoms with Gasteiger partial charge in [-0.25, -0.2) is 0 Å². The van der Waals surface area contributed by atoms with E-state index in [1.807, 2.05) is 10.9 Å². The van der Waals surface area contributed by atoms with Crippen LogP contribution in [-0.4, -0.2) is 39.5 Å². The number of carbonyl (C=O) groups excluding carboxylic acids is 2. The van der Waals surface area contributed by atoms with Crippen molar-refractivity contribution >= 4 is 24.1 Å². The lowest BCUT2D eigenvalue weighted by Gasteiger charge is -2.22. The number of carbonyl (C=O) groups is 2. The van der Waals surface area contributed by atoms with Gasteiger partial charge >= 0.3 is 0 Å². The second-order valence-electron chi connectivity index (χ2n) is 6.36. The van der Waals surface area contributed by atoms with Crippen molar-refractivity contribution < 1.29 is 9.59 Å². The number of pyridine rings is 1. The normalized spacial score (nSPS) is 16.6. The third-order valence-corrected chi connectivity index (χ3v) is 4.44.